The highest BCUT2D eigenvalue weighted by Gasteiger charge is 2.27. The van der Waals surface area contributed by atoms with Crippen molar-refractivity contribution in [1.82, 2.24) is 10.6 Å². The van der Waals surface area contributed by atoms with Crippen molar-refractivity contribution < 1.29 is 9.59 Å². The van der Waals surface area contributed by atoms with Gasteiger partial charge in [-0.05, 0) is 25.7 Å². The van der Waals surface area contributed by atoms with Crippen LogP contribution in [0.2, 0.25) is 0 Å². The highest BCUT2D eigenvalue weighted by molar-refractivity contribution is 6.07. The standard InChI is InChI=1S/C8H9N2O2/c11-7-5-3-1-2-4-6(5)9-8(12)10-7/h1-4H2,(H,9,12). The van der Waals surface area contributed by atoms with Crippen molar-refractivity contribution in [2.24, 2.45) is 0 Å². The van der Waals surface area contributed by atoms with Gasteiger partial charge in [0.1, 0.15) is 0 Å². The first-order valence-electron chi connectivity index (χ1n) is 4.06. The fourth-order valence-corrected chi connectivity index (χ4v) is 1.60. The van der Waals surface area contributed by atoms with Gasteiger partial charge >= 0.3 is 6.03 Å². The van der Waals surface area contributed by atoms with E-state index in [4.69, 9.17) is 0 Å². The summed E-state index contributed by atoms with van der Waals surface area (Å²) in [6.45, 7) is 0. The van der Waals surface area contributed by atoms with Gasteiger partial charge in [-0.1, -0.05) is 0 Å². The maximum atomic E-state index is 11.2. The fraction of sp³-hybridized carbons (Fsp3) is 0.500. The zero-order chi connectivity index (χ0) is 8.55. The number of allylic oxidation sites excluding steroid dienone is 1. The first-order chi connectivity index (χ1) is 5.77. The van der Waals surface area contributed by atoms with Crippen molar-refractivity contribution in [2.45, 2.75) is 25.7 Å². The maximum absolute atomic E-state index is 11.2. The lowest BCUT2D eigenvalue weighted by Gasteiger charge is -2.22. The number of hydrogen-bond acceptors (Lipinski definition) is 2. The molecule has 0 saturated carbocycles. The number of nitrogens with zero attached hydrogens (tertiary/aromatic N) is 1. The second-order valence-electron chi connectivity index (χ2n) is 3.01. The average molecular weight is 165 g/mol. The quantitative estimate of drug-likeness (QED) is 0.573. The Balaban J connectivity index is 2.32. The number of nitrogens with one attached hydrogen (secondary N) is 1. The molecule has 0 bridgehead atoms. The van der Waals surface area contributed by atoms with Crippen LogP contribution in [0, 0.1) is 0 Å². The summed E-state index contributed by atoms with van der Waals surface area (Å²) in [7, 11) is 0. The van der Waals surface area contributed by atoms with Crippen molar-refractivity contribution in [3.63, 3.8) is 0 Å². The molecule has 0 aromatic heterocycles. The third-order valence-electron chi connectivity index (χ3n) is 2.19. The van der Waals surface area contributed by atoms with Crippen LogP contribution in [-0.4, -0.2) is 11.9 Å². The summed E-state index contributed by atoms with van der Waals surface area (Å²) in [5.41, 5.74) is 1.51. The van der Waals surface area contributed by atoms with Gasteiger partial charge in [-0.3, -0.25) is 4.79 Å². The summed E-state index contributed by atoms with van der Waals surface area (Å²) in [5.74, 6) is -0.339. The number of amides is 3. The summed E-state index contributed by atoms with van der Waals surface area (Å²) in [4.78, 5) is 21.9. The molecule has 63 valence electrons. The molecular formula is C8H9N2O2. The summed E-state index contributed by atoms with van der Waals surface area (Å²) in [6, 6.07) is -0.513. The van der Waals surface area contributed by atoms with Crippen molar-refractivity contribution in [3.05, 3.63) is 11.3 Å². The molecule has 3 amide bonds. The van der Waals surface area contributed by atoms with E-state index in [0.717, 1.165) is 31.4 Å². The molecule has 4 nitrogen and oxygen atoms in total. The molecule has 2 aliphatic rings. The Labute approximate surface area is 70.0 Å². The lowest BCUT2D eigenvalue weighted by atomic mass is 9.95. The van der Waals surface area contributed by atoms with Gasteiger partial charge in [-0.15, -0.1) is 0 Å². The predicted octanol–water partition coefficient (Wildman–Crippen LogP) is 0.669. The Hall–Kier alpha value is -1.32. The van der Waals surface area contributed by atoms with Crippen molar-refractivity contribution >= 4 is 11.9 Å². The molecule has 0 aromatic rings. The highest BCUT2D eigenvalue weighted by Crippen LogP contribution is 2.24. The van der Waals surface area contributed by atoms with Gasteiger partial charge in [0.25, 0.3) is 5.91 Å². The molecule has 1 aliphatic carbocycles. The van der Waals surface area contributed by atoms with Crippen molar-refractivity contribution in [1.29, 1.82) is 0 Å². The maximum Gasteiger partial charge on any atom is 0.348 e. The lowest BCUT2D eigenvalue weighted by Crippen LogP contribution is -2.41. The molecule has 1 heterocycles. The van der Waals surface area contributed by atoms with Crippen LogP contribution in [0.5, 0.6) is 0 Å². The van der Waals surface area contributed by atoms with E-state index < -0.39 is 6.03 Å². The highest BCUT2D eigenvalue weighted by atomic mass is 16.2. The zero-order valence-corrected chi connectivity index (χ0v) is 6.59. The smallest absolute Gasteiger partial charge is 0.309 e. The number of carbonyl (C=O) groups excluding carboxylic acids is 2. The molecule has 0 fully saturated rings. The largest absolute Gasteiger partial charge is 0.348 e. The minimum atomic E-state index is -0.513. The third kappa shape index (κ3) is 1.09. The second-order valence-corrected chi connectivity index (χ2v) is 3.01. The van der Waals surface area contributed by atoms with E-state index in [-0.39, 0.29) is 5.91 Å². The molecule has 0 spiro atoms. The molecule has 0 aromatic carbocycles. The average Bonchev–Trinajstić information content (AvgIpc) is 2.04. The van der Waals surface area contributed by atoms with Crippen LogP contribution in [0.1, 0.15) is 25.7 Å². The van der Waals surface area contributed by atoms with E-state index >= 15 is 0 Å². The van der Waals surface area contributed by atoms with Crippen molar-refractivity contribution in [2.75, 3.05) is 0 Å². The van der Waals surface area contributed by atoms with Gasteiger partial charge in [0.15, 0.2) is 0 Å². The summed E-state index contributed by atoms with van der Waals surface area (Å²) < 4.78 is 0. The molecule has 0 atom stereocenters. The van der Waals surface area contributed by atoms with Crippen LogP contribution < -0.4 is 10.6 Å². The number of carbonyl (C=O) groups is 2. The molecule has 1 N–H and O–H groups in total. The number of imide groups is 1. The zero-order valence-electron chi connectivity index (χ0n) is 6.59. The SMILES string of the molecule is O=C1[N]C(=O)C2=C(CCCC2)N1. The number of rotatable bonds is 0. The van der Waals surface area contributed by atoms with Crippen LogP contribution in [0.4, 0.5) is 4.79 Å². The topological polar surface area (TPSA) is 60.3 Å². The summed E-state index contributed by atoms with van der Waals surface area (Å²) in [6.07, 6.45) is 3.64. The molecule has 1 radical (unpaired) electrons. The Morgan fingerprint density at radius 3 is 2.75 bits per heavy atom. The van der Waals surface area contributed by atoms with E-state index in [1.54, 1.807) is 0 Å². The Morgan fingerprint density at radius 2 is 1.92 bits per heavy atom. The van der Waals surface area contributed by atoms with Gasteiger partial charge in [-0.25, -0.2) is 4.79 Å². The van der Waals surface area contributed by atoms with E-state index in [2.05, 4.69) is 10.6 Å². The minimum Gasteiger partial charge on any atom is -0.309 e. The molecule has 2 rings (SSSR count). The summed E-state index contributed by atoms with van der Waals surface area (Å²) >= 11 is 0. The Bertz CT molecular complexity index is 281. The molecule has 0 unspecified atom stereocenters. The van der Waals surface area contributed by atoms with Gasteiger partial charge in [0.2, 0.25) is 0 Å². The van der Waals surface area contributed by atoms with Gasteiger partial charge in [-0.2, -0.15) is 5.32 Å². The second kappa shape index (κ2) is 2.62. The first kappa shape index (κ1) is 7.34. The third-order valence-corrected chi connectivity index (χ3v) is 2.19. The predicted molar refractivity (Wildman–Crippen MR) is 41.2 cm³/mol. The van der Waals surface area contributed by atoms with Crippen LogP contribution in [-0.2, 0) is 4.79 Å². The Kier molecular flexibility index (Phi) is 1.60. The normalized spacial score (nSPS) is 23.0. The molecule has 0 saturated heterocycles. The molecular weight excluding hydrogens is 156 g/mol. The number of urea groups is 1. The number of hydrogen-bond donors (Lipinski definition) is 1. The first-order valence-corrected chi connectivity index (χ1v) is 4.06. The van der Waals surface area contributed by atoms with Crippen LogP contribution >= 0.6 is 0 Å². The molecule has 4 heteroatoms. The minimum absolute atomic E-state index is 0.339. The lowest BCUT2D eigenvalue weighted by molar-refractivity contribution is -0.117. The van der Waals surface area contributed by atoms with Crippen molar-refractivity contribution in [3.8, 4) is 0 Å². The van der Waals surface area contributed by atoms with Crippen LogP contribution in [0.15, 0.2) is 11.3 Å². The monoisotopic (exact) mass is 165 g/mol. The molecule has 1 aliphatic heterocycles. The molecule has 12 heavy (non-hydrogen) atoms. The summed E-state index contributed by atoms with van der Waals surface area (Å²) in [5, 5.41) is 5.92. The van der Waals surface area contributed by atoms with E-state index in [1.807, 2.05) is 0 Å². The van der Waals surface area contributed by atoms with E-state index in [9.17, 15) is 9.59 Å². The van der Waals surface area contributed by atoms with Crippen LogP contribution in [0.25, 0.3) is 0 Å². The van der Waals surface area contributed by atoms with E-state index in [0.29, 0.717) is 5.57 Å². The van der Waals surface area contributed by atoms with Gasteiger partial charge in [0.05, 0.1) is 0 Å². The van der Waals surface area contributed by atoms with E-state index in [1.165, 1.54) is 0 Å². The van der Waals surface area contributed by atoms with Gasteiger partial charge in [0, 0.05) is 11.3 Å². The van der Waals surface area contributed by atoms with Crippen LogP contribution in [0.3, 0.4) is 0 Å². The fourth-order valence-electron chi connectivity index (χ4n) is 1.60. The Morgan fingerprint density at radius 1 is 1.17 bits per heavy atom. The van der Waals surface area contributed by atoms with Gasteiger partial charge < -0.3 is 5.32 Å².